The number of aliphatic hydroxyl groups excluding tert-OH is 1. The zero-order valence-corrected chi connectivity index (χ0v) is 12.9. The molecule has 1 aliphatic heterocycles. The van der Waals surface area contributed by atoms with E-state index in [1.807, 2.05) is 14.1 Å². The van der Waals surface area contributed by atoms with Crippen molar-refractivity contribution in [1.82, 2.24) is 9.21 Å². The Morgan fingerprint density at radius 3 is 2.58 bits per heavy atom. The van der Waals surface area contributed by atoms with E-state index in [1.165, 1.54) is 15.6 Å². The van der Waals surface area contributed by atoms with Gasteiger partial charge in [-0.3, -0.25) is 0 Å². The first-order valence-corrected chi connectivity index (χ1v) is 8.62. The van der Waals surface area contributed by atoms with Crippen molar-refractivity contribution in [2.45, 2.75) is 30.4 Å². The van der Waals surface area contributed by atoms with Crippen LogP contribution < -0.4 is 0 Å². The van der Waals surface area contributed by atoms with Crippen LogP contribution in [-0.2, 0) is 16.6 Å². The van der Waals surface area contributed by atoms with Crippen molar-refractivity contribution >= 4 is 21.4 Å². The maximum absolute atomic E-state index is 12.5. The van der Waals surface area contributed by atoms with E-state index < -0.39 is 10.0 Å². The van der Waals surface area contributed by atoms with Crippen LogP contribution >= 0.6 is 11.3 Å². The van der Waals surface area contributed by atoms with Crippen LogP contribution in [0.15, 0.2) is 16.3 Å². The highest BCUT2D eigenvalue weighted by atomic mass is 32.2. The normalized spacial score (nSPS) is 19.2. The molecular formula is C12H20N2O3S2. The molecule has 0 radical (unpaired) electrons. The fraction of sp³-hybridized carbons (Fsp3) is 0.667. The molecule has 2 heterocycles. The number of sulfonamides is 1. The minimum atomic E-state index is -3.45. The molecular weight excluding hydrogens is 284 g/mol. The third-order valence-electron chi connectivity index (χ3n) is 3.62. The van der Waals surface area contributed by atoms with E-state index >= 15 is 0 Å². The highest BCUT2D eigenvalue weighted by Crippen LogP contribution is 2.27. The number of rotatable bonds is 4. The van der Waals surface area contributed by atoms with Crippen LogP contribution in [0.4, 0.5) is 0 Å². The second-order valence-corrected chi connectivity index (χ2v) is 7.87. The molecule has 1 aliphatic rings. The number of hydrogen-bond acceptors (Lipinski definition) is 5. The molecule has 0 unspecified atom stereocenters. The Labute approximate surface area is 118 Å². The molecule has 1 aromatic rings. The summed E-state index contributed by atoms with van der Waals surface area (Å²) in [6.07, 6.45) is 1.70. The van der Waals surface area contributed by atoms with Gasteiger partial charge in [-0.05, 0) is 38.4 Å². The van der Waals surface area contributed by atoms with Crippen molar-refractivity contribution < 1.29 is 13.5 Å². The van der Waals surface area contributed by atoms with Gasteiger partial charge < -0.3 is 10.0 Å². The van der Waals surface area contributed by atoms with E-state index in [-0.39, 0.29) is 11.5 Å². The first-order valence-electron chi connectivity index (χ1n) is 6.30. The molecule has 1 N–H and O–H groups in total. The highest BCUT2D eigenvalue weighted by Gasteiger charge is 2.31. The Hall–Kier alpha value is -0.470. The number of piperidine rings is 1. The lowest BCUT2D eigenvalue weighted by Gasteiger charge is -2.34. The van der Waals surface area contributed by atoms with Gasteiger partial charge in [0, 0.05) is 24.0 Å². The number of aliphatic hydroxyl groups is 1. The molecule has 0 spiro atoms. The van der Waals surface area contributed by atoms with Gasteiger partial charge in [-0.2, -0.15) is 4.31 Å². The van der Waals surface area contributed by atoms with Gasteiger partial charge in [-0.15, -0.1) is 11.3 Å². The molecule has 0 bridgehead atoms. The summed E-state index contributed by atoms with van der Waals surface area (Å²) in [5.41, 5.74) is 0. The van der Waals surface area contributed by atoms with Crippen LogP contribution in [0.3, 0.4) is 0 Å². The van der Waals surface area contributed by atoms with Gasteiger partial charge in [-0.1, -0.05) is 0 Å². The minimum Gasteiger partial charge on any atom is -0.391 e. The summed E-state index contributed by atoms with van der Waals surface area (Å²) in [6, 6.07) is 2.04. The van der Waals surface area contributed by atoms with Gasteiger partial charge in [0.1, 0.15) is 0 Å². The second kappa shape index (κ2) is 5.88. The van der Waals surface area contributed by atoms with Gasteiger partial charge in [0.15, 0.2) is 0 Å². The summed E-state index contributed by atoms with van der Waals surface area (Å²) < 4.78 is 26.6. The maximum atomic E-state index is 12.5. The highest BCUT2D eigenvalue weighted by molar-refractivity contribution is 7.89. The molecule has 19 heavy (non-hydrogen) atoms. The predicted molar refractivity (Wildman–Crippen MR) is 75.7 cm³/mol. The summed E-state index contributed by atoms with van der Waals surface area (Å²) in [5.74, 6) is 0. The molecule has 108 valence electrons. The second-order valence-electron chi connectivity index (χ2n) is 4.97. The predicted octanol–water partition coefficient (Wildman–Crippen LogP) is 0.955. The fourth-order valence-corrected chi connectivity index (χ4v) is 5.15. The van der Waals surface area contributed by atoms with Crippen molar-refractivity contribution in [2.24, 2.45) is 0 Å². The summed E-state index contributed by atoms with van der Waals surface area (Å²) in [5, 5.41) is 10.9. The van der Waals surface area contributed by atoms with E-state index in [2.05, 4.69) is 4.90 Å². The first-order chi connectivity index (χ1) is 8.96. The SMILES string of the molecule is CN(C)C1CCN(S(=O)(=O)c2ccsc2CO)CC1. The van der Waals surface area contributed by atoms with Crippen LogP contribution in [-0.4, -0.2) is 56.0 Å². The molecule has 0 aromatic carbocycles. The molecule has 1 saturated heterocycles. The van der Waals surface area contributed by atoms with Crippen molar-refractivity contribution in [2.75, 3.05) is 27.2 Å². The molecule has 0 aliphatic carbocycles. The minimum absolute atomic E-state index is 0.222. The first kappa shape index (κ1) is 14.9. The van der Waals surface area contributed by atoms with Crippen molar-refractivity contribution in [3.05, 3.63) is 16.3 Å². The standard InChI is InChI=1S/C12H20N2O3S2/c1-13(2)10-3-6-14(7-4-10)19(16,17)12-5-8-18-11(12)9-15/h5,8,10,15H,3-4,6-7,9H2,1-2H3. The van der Waals surface area contributed by atoms with E-state index in [0.717, 1.165) is 12.8 Å². The van der Waals surface area contributed by atoms with E-state index in [0.29, 0.717) is 24.0 Å². The summed E-state index contributed by atoms with van der Waals surface area (Å²) in [4.78, 5) is 2.94. The monoisotopic (exact) mass is 304 g/mol. The molecule has 5 nitrogen and oxygen atoms in total. The van der Waals surface area contributed by atoms with Gasteiger partial charge in [-0.25, -0.2) is 8.42 Å². The van der Waals surface area contributed by atoms with Crippen molar-refractivity contribution in [3.8, 4) is 0 Å². The lowest BCUT2D eigenvalue weighted by atomic mass is 10.1. The Morgan fingerprint density at radius 1 is 1.42 bits per heavy atom. The summed E-state index contributed by atoms with van der Waals surface area (Å²) in [6.45, 7) is 0.873. The van der Waals surface area contributed by atoms with Crippen LogP contribution in [0.1, 0.15) is 17.7 Å². The van der Waals surface area contributed by atoms with Crippen LogP contribution in [0, 0.1) is 0 Å². The van der Waals surface area contributed by atoms with E-state index in [9.17, 15) is 13.5 Å². The third-order valence-corrected chi connectivity index (χ3v) is 6.64. The van der Waals surface area contributed by atoms with Gasteiger partial charge in [0.2, 0.25) is 10.0 Å². The van der Waals surface area contributed by atoms with Crippen LogP contribution in [0.2, 0.25) is 0 Å². The summed E-state index contributed by atoms with van der Waals surface area (Å²) >= 11 is 1.28. The van der Waals surface area contributed by atoms with Gasteiger partial charge in [0.25, 0.3) is 0 Å². The van der Waals surface area contributed by atoms with Gasteiger partial charge in [0.05, 0.1) is 11.5 Å². The summed E-state index contributed by atoms with van der Waals surface area (Å²) in [7, 11) is 0.605. The van der Waals surface area contributed by atoms with Gasteiger partial charge >= 0.3 is 0 Å². The Kier molecular flexibility index (Phi) is 4.62. The molecule has 7 heteroatoms. The number of hydrogen-bond donors (Lipinski definition) is 1. The number of thiophene rings is 1. The average molecular weight is 304 g/mol. The largest absolute Gasteiger partial charge is 0.391 e. The molecule has 0 atom stereocenters. The zero-order chi connectivity index (χ0) is 14.0. The topological polar surface area (TPSA) is 60.9 Å². The van der Waals surface area contributed by atoms with E-state index in [4.69, 9.17) is 0 Å². The zero-order valence-electron chi connectivity index (χ0n) is 11.2. The van der Waals surface area contributed by atoms with Crippen LogP contribution in [0.5, 0.6) is 0 Å². The Balaban J connectivity index is 2.14. The fourth-order valence-electron chi connectivity index (χ4n) is 2.41. The molecule has 1 aromatic heterocycles. The molecule has 2 rings (SSSR count). The molecule has 0 saturated carbocycles. The molecule has 1 fully saturated rings. The lowest BCUT2D eigenvalue weighted by Crippen LogP contribution is -2.44. The lowest BCUT2D eigenvalue weighted by molar-refractivity contribution is 0.196. The average Bonchev–Trinajstić information content (AvgIpc) is 2.87. The Bertz CT molecular complexity index is 517. The smallest absolute Gasteiger partial charge is 0.244 e. The Morgan fingerprint density at radius 2 is 2.05 bits per heavy atom. The van der Waals surface area contributed by atoms with Crippen molar-refractivity contribution in [3.63, 3.8) is 0 Å². The molecule has 0 amide bonds. The number of nitrogens with zero attached hydrogens (tertiary/aromatic N) is 2. The van der Waals surface area contributed by atoms with E-state index in [1.54, 1.807) is 11.4 Å². The quantitative estimate of drug-likeness (QED) is 0.900. The van der Waals surface area contributed by atoms with Crippen molar-refractivity contribution in [1.29, 1.82) is 0 Å². The maximum Gasteiger partial charge on any atom is 0.244 e. The van der Waals surface area contributed by atoms with Crippen LogP contribution in [0.25, 0.3) is 0 Å². The third kappa shape index (κ3) is 3.00.